The lowest BCUT2D eigenvalue weighted by Crippen LogP contribution is -2.56. The monoisotopic (exact) mass is 514 g/mol. The molecule has 2 atom stereocenters. The summed E-state index contributed by atoms with van der Waals surface area (Å²) in [5, 5.41) is 6.15. The zero-order valence-electron chi connectivity index (χ0n) is 21.7. The van der Waals surface area contributed by atoms with Crippen LogP contribution in [-0.4, -0.2) is 54.6 Å². The maximum Gasteiger partial charge on any atom is 0.248 e. The van der Waals surface area contributed by atoms with E-state index >= 15 is 0 Å². The molecular weight excluding hydrogens is 478 g/mol. The van der Waals surface area contributed by atoms with Gasteiger partial charge in [-0.3, -0.25) is 19.5 Å². The number of pyridine rings is 1. The third-order valence-corrected chi connectivity index (χ3v) is 7.04. The maximum absolute atomic E-state index is 14.0. The lowest BCUT2D eigenvalue weighted by atomic mass is 9.87. The number of aromatic nitrogens is 1. The molecule has 1 saturated carbocycles. The van der Waals surface area contributed by atoms with Crippen molar-refractivity contribution in [1.82, 2.24) is 15.6 Å². The Morgan fingerprint density at radius 3 is 2.43 bits per heavy atom. The lowest BCUT2D eigenvalue weighted by Gasteiger charge is -2.37. The van der Waals surface area contributed by atoms with Crippen LogP contribution in [0.5, 0.6) is 0 Å². The summed E-state index contributed by atoms with van der Waals surface area (Å²) in [5.74, 6) is -3.43. The number of halogens is 2. The summed E-state index contributed by atoms with van der Waals surface area (Å²) in [6.45, 7) is 7.53. The zero-order chi connectivity index (χ0) is 26.6. The van der Waals surface area contributed by atoms with E-state index in [0.717, 1.165) is 5.56 Å². The largest absolute Gasteiger partial charge is 0.378 e. The van der Waals surface area contributed by atoms with Crippen LogP contribution in [0, 0.1) is 0 Å². The fourth-order valence-corrected chi connectivity index (χ4v) is 4.84. The van der Waals surface area contributed by atoms with Gasteiger partial charge in [0.1, 0.15) is 12.1 Å². The van der Waals surface area contributed by atoms with Crippen LogP contribution in [0.2, 0.25) is 0 Å². The number of rotatable bonds is 6. The van der Waals surface area contributed by atoms with Crippen LogP contribution in [0.3, 0.4) is 0 Å². The molecule has 200 valence electrons. The predicted molar refractivity (Wildman–Crippen MR) is 138 cm³/mol. The van der Waals surface area contributed by atoms with Gasteiger partial charge in [0.05, 0.1) is 13.2 Å². The quantitative estimate of drug-likeness (QED) is 0.606. The van der Waals surface area contributed by atoms with Gasteiger partial charge >= 0.3 is 0 Å². The molecule has 1 saturated heterocycles. The maximum atomic E-state index is 14.0. The second-order valence-corrected chi connectivity index (χ2v) is 10.9. The number of amides is 2. The van der Waals surface area contributed by atoms with Crippen molar-refractivity contribution in [2.75, 3.05) is 24.7 Å². The van der Waals surface area contributed by atoms with Gasteiger partial charge in [0.25, 0.3) is 0 Å². The molecule has 7 nitrogen and oxygen atoms in total. The van der Waals surface area contributed by atoms with E-state index in [2.05, 4.69) is 36.4 Å². The van der Waals surface area contributed by atoms with Gasteiger partial charge in [-0.05, 0) is 42.0 Å². The molecule has 1 unspecified atom stereocenters. The third-order valence-electron chi connectivity index (χ3n) is 7.04. The highest BCUT2D eigenvalue weighted by molar-refractivity contribution is 6.03. The van der Waals surface area contributed by atoms with Crippen molar-refractivity contribution < 1.29 is 23.1 Å². The first-order chi connectivity index (χ1) is 17.5. The summed E-state index contributed by atoms with van der Waals surface area (Å²) < 4.78 is 33.0. The Kier molecular flexibility index (Phi) is 8.23. The number of carbonyl (C=O) groups is 2. The van der Waals surface area contributed by atoms with E-state index in [4.69, 9.17) is 4.74 Å². The molecule has 0 radical (unpaired) electrons. The third kappa shape index (κ3) is 6.70. The number of carbonyl (C=O) groups excluding carboxylic acids is 2. The summed E-state index contributed by atoms with van der Waals surface area (Å²) in [6, 6.07) is 9.03. The Hall–Kier alpha value is -2.91. The van der Waals surface area contributed by atoms with Gasteiger partial charge in [-0.2, -0.15) is 0 Å². The Labute approximate surface area is 217 Å². The second-order valence-electron chi connectivity index (χ2n) is 10.9. The number of ether oxygens (including phenoxy) is 1. The van der Waals surface area contributed by atoms with E-state index in [1.807, 2.05) is 24.3 Å². The summed E-state index contributed by atoms with van der Waals surface area (Å²) in [5.41, 5.74) is 2.10. The number of hydrogen-bond acceptors (Lipinski definition) is 5. The van der Waals surface area contributed by atoms with Gasteiger partial charge in [0.15, 0.2) is 0 Å². The SMILES string of the molecule is CC(C)(C)c1ccc(N(C(=O)[C@H]2COCCN2)C(C(=O)NC2CCC(F)(F)CC2)c2cccnc2)cc1. The first kappa shape index (κ1) is 27.1. The van der Waals surface area contributed by atoms with Crippen molar-refractivity contribution in [3.63, 3.8) is 0 Å². The van der Waals surface area contributed by atoms with Crippen LogP contribution in [0.1, 0.15) is 63.6 Å². The Balaban J connectivity index is 1.71. The van der Waals surface area contributed by atoms with Gasteiger partial charge in [-0.15, -0.1) is 0 Å². The summed E-state index contributed by atoms with van der Waals surface area (Å²) >= 11 is 0. The van der Waals surface area contributed by atoms with Crippen molar-refractivity contribution in [3.05, 3.63) is 59.9 Å². The molecule has 2 heterocycles. The molecule has 2 aliphatic rings. The lowest BCUT2D eigenvalue weighted by molar-refractivity contribution is -0.129. The van der Waals surface area contributed by atoms with Crippen LogP contribution >= 0.6 is 0 Å². The van der Waals surface area contributed by atoms with Crippen LogP contribution in [0.4, 0.5) is 14.5 Å². The average Bonchev–Trinajstić information content (AvgIpc) is 2.88. The number of nitrogens with one attached hydrogen (secondary N) is 2. The van der Waals surface area contributed by atoms with Crippen molar-refractivity contribution in [2.45, 2.75) is 75.9 Å². The topological polar surface area (TPSA) is 83.6 Å². The van der Waals surface area contributed by atoms with E-state index in [9.17, 15) is 18.4 Å². The number of alkyl halides is 2. The highest BCUT2D eigenvalue weighted by atomic mass is 19.3. The number of morpholine rings is 1. The van der Waals surface area contributed by atoms with Crippen LogP contribution < -0.4 is 15.5 Å². The fourth-order valence-electron chi connectivity index (χ4n) is 4.84. The molecule has 1 aliphatic carbocycles. The molecule has 2 aromatic rings. The smallest absolute Gasteiger partial charge is 0.248 e. The molecule has 0 bridgehead atoms. The minimum absolute atomic E-state index is 0.0880. The van der Waals surface area contributed by atoms with Gasteiger partial charge in [0.2, 0.25) is 17.7 Å². The standard InChI is InChI=1S/C28H36F2N4O3/c1-27(2,3)20-6-8-22(9-7-20)34(26(36)23-18-37-16-15-32-23)24(19-5-4-14-31-17-19)25(35)33-21-10-12-28(29,30)13-11-21/h4-9,14,17,21,23-24,32H,10-13,15-16,18H2,1-3H3,(H,33,35)/t23-,24?/m1/s1. The Bertz CT molecular complexity index is 1060. The molecular formula is C28H36F2N4O3. The highest BCUT2D eigenvalue weighted by Gasteiger charge is 2.40. The molecule has 2 amide bonds. The van der Waals surface area contributed by atoms with Crippen molar-refractivity contribution in [1.29, 1.82) is 0 Å². The van der Waals surface area contributed by atoms with Gasteiger partial charge in [-0.1, -0.05) is 39.0 Å². The van der Waals surface area contributed by atoms with Crippen molar-refractivity contribution in [3.8, 4) is 0 Å². The van der Waals surface area contributed by atoms with Crippen LogP contribution in [0.25, 0.3) is 0 Å². The fraction of sp³-hybridized carbons (Fsp3) is 0.536. The Morgan fingerprint density at radius 1 is 1.16 bits per heavy atom. The highest BCUT2D eigenvalue weighted by Crippen LogP contribution is 2.35. The first-order valence-electron chi connectivity index (χ1n) is 12.9. The molecule has 1 aromatic heterocycles. The summed E-state index contributed by atoms with van der Waals surface area (Å²) in [7, 11) is 0. The van der Waals surface area contributed by atoms with Gasteiger partial charge in [-0.25, -0.2) is 8.78 Å². The summed E-state index contributed by atoms with van der Waals surface area (Å²) in [6.07, 6.45) is 3.00. The normalized spacial score (nSPS) is 21.2. The number of benzene rings is 1. The molecule has 2 N–H and O–H groups in total. The first-order valence-corrected chi connectivity index (χ1v) is 12.9. The van der Waals surface area contributed by atoms with Gasteiger partial charge in [0, 0.05) is 49.1 Å². The van der Waals surface area contributed by atoms with E-state index in [-0.39, 0.29) is 49.7 Å². The average molecular weight is 515 g/mol. The van der Waals surface area contributed by atoms with E-state index in [0.29, 0.717) is 24.4 Å². The molecule has 1 aromatic carbocycles. The van der Waals surface area contributed by atoms with Gasteiger partial charge < -0.3 is 15.4 Å². The molecule has 9 heteroatoms. The number of anilines is 1. The van der Waals surface area contributed by atoms with E-state index < -0.39 is 23.9 Å². The molecule has 4 rings (SSSR count). The number of hydrogen-bond donors (Lipinski definition) is 2. The van der Waals surface area contributed by atoms with Crippen LogP contribution in [-0.2, 0) is 19.7 Å². The van der Waals surface area contributed by atoms with Crippen molar-refractivity contribution >= 4 is 17.5 Å². The molecule has 1 aliphatic heterocycles. The second kappa shape index (κ2) is 11.2. The molecule has 37 heavy (non-hydrogen) atoms. The number of nitrogens with zero attached hydrogens (tertiary/aromatic N) is 2. The van der Waals surface area contributed by atoms with Crippen LogP contribution in [0.15, 0.2) is 48.8 Å². The van der Waals surface area contributed by atoms with Crippen molar-refractivity contribution in [2.24, 2.45) is 0 Å². The zero-order valence-corrected chi connectivity index (χ0v) is 21.7. The minimum Gasteiger partial charge on any atom is -0.378 e. The van der Waals surface area contributed by atoms with E-state index in [1.165, 1.54) is 4.90 Å². The minimum atomic E-state index is -2.70. The molecule has 2 fully saturated rings. The Morgan fingerprint density at radius 2 is 1.86 bits per heavy atom. The van der Waals surface area contributed by atoms with E-state index in [1.54, 1.807) is 24.5 Å². The predicted octanol–water partition coefficient (Wildman–Crippen LogP) is 4.14. The molecule has 0 spiro atoms. The summed E-state index contributed by atoms with van der Waals surface area (Å²) in [4.78, 5) is 33.5.